The van der Waals surface area contributed by atoms with E-state index in [1.807, 2.05) is 6.07 Å². The molecule has 1 aromatic heterocycles. The first-order chi connectivity index (χ1) is 13.2. The third kappa shape index (κ3) is 4.38. The first-order valence-corrected chi connectivity index (χ1v) is 9.37. The molecule has 5 nitrogen and oxygen atoms in total. The molecule has 2 heterocycles. The summed E-state index contributed by atoms with van der Waals surface area (Å²) in [5, 5.41) is 3.41. The van der Waals surface area contributed by atoms with Gasteiger partial charge in [0.2, 0.25) is 0 Å². The highest BCUT2D eigenvalue weighted by atomic mass is 35.5. The number of fused-ring (bicyclic) bond motifs is 1. The van der Waals surface area contributed by atoms with Gasteiger partial charge in [-0.3, -0.25) is 9.69 Å². The van der Waals surface area contributed by atoms with Crippen molar-refractivity contribution in [1.82, 2.24) is 9.88 Å². The minimum atomic E-state index is -0.341. The SMILES string of the molecule is O=C(Nc1ccc(Cl)cc1)c1nc2c(o1)CCN(Cc1ccccc1)CC2. The van der Waals surface area contributed by atoms with E-state index in [9.17, 15) is 4.79 Å². The topological polar surface area (TPSA) is 58.4 Å². The van der Waals surface area contributed by atoms with Crippen LogP contribution < -0.4 is 5.32 Å². The van der Waals surface area contributed by atoms with E-state index in [-0.39, 0.29) is 11.8 Å². The van der Waals surface area contributed by atoms with Gasteiger partial charge in [0, 0.05) is 43.2 Å². The molecule has 1 aliphatic heterocycles. The van der Waals surface area contributed by atoms with E-state index in [0.717, 1.165) is 43.9 Å². The van der Waals surface area contributed by atoms with Crippen LogP contribution in [0.1, 0.15) is 27.7 Å². The van der Waals surface area contributed by atoms with E-state index in [1.54, 1.807) is 24.3 Å². The average molecular weight is 382 g/mol. The van der Waals surface area contributed by atoms with Gasteiger partial charge in [0.1, 0.15) is 5.76 Å². The number of carbonyl (C=O) groups excluding carboxylic acids is 1. The van der Waals surface area contributed by atoms with E-state index >= 15 is 0 Å². The van der Waals surface area contributed by atoms with E-state index in [1.165, 1.54) is 5.56 Å². The van der Waals surface area contributed by atoms with Crippen molar-refractivity contribution in [1.29, 1.82) is 0 Å². The number of nitrogens with zero attached hydrogens (tertiary/aromatic N) is 2. The van der Waals surface area contributed by atoms with Gasteiger partial charge in [0.15, 0.2) is 0 Å². The minimum Gasteiger partial charge on any atom is -0.437 e. The number of benzene rings is 2. The average Bonchev–Trinajstić information content (AvgIpc) is 3.01. The zero-order valence-electron chi connectivity index (χ0n) is 14.8. The van der Waals surface area contributed by atoms with Crippen LogP contribution in [-0.2, 0) is 19.4 Å². The van der Waals surface area contributed by atoms with Crippen molar-refractivity contribution in [2.45, 2.75) is 19.4 Å². The van der Waals surface area contributed by atoms with Gasteiger partial charge in [0.25, 0.3) is 5.89 Å². The first-order valence-electron chi connectivity index (χ1n) is 8.99. The zero-order valence-corrected chi connectivity index (χ0v) is 15.6. The number of hydrogen-bond donors (Lipinski definition) is 1. The number of anilines is 1. The Hall–Kier alpha value is -2.63. The van der Waals surface area contributed by atoms with Crippen molar-refractivity contribution in [2.24, 2.45) is 0 Å². The Balaban J connectivity index is 1.39. The summed E-state index contributed by atoms with van der Waals surface area (Å²) in [5.74, 6) is 0.588. The van der Waals surface area contributed by atoms with Gasteiger partial charge in [-0.25, -0.2) is 4.98 Å². The van der Waals surface area contributed by atoms with Crippen LogP contribution in [0.4, 0.5) is 5.69 Å². The van der Waals surface area contributed by atoms with Crippen molar-refractivity contribution in [3.05, 3.63) is 82.5 Å². The molecule has 1 N–H and O–H groups in total. The third-order valence-corrected chi connectivity index (χ3v) is 4.90. The van der Waals surface area contributed by atoms with Crippen LogP contribution in [-0.4, -0.2) is 28.9 Å². The molecule has 0 aliphatic carbocycles. The molecule has 0 fully saturated rings. The molecule has 0 spiro atoms. The Labute approximate surface area is 163 Å². The van der Waals surface area contributed by atoms with Gasteiger partial charge in [-0.05, 0) is 29.8 Å². The van der Waals surface area contributed by atoms with Gasteiger partial charge < -0.3 is 9.73 Å². The predicted molar refractivity (Wildman–Crippen MR) is 105 cm³/mol. The standard InChI is InChI=1S/C21H20ClN3O2/c22-16-6-8-17(9-7-16)23-20(26)21-24-18-10-12-25(13-11-19(18)27-21)14-15-4-2-1-3-5-15/h1-9H,10-14H2,(H,23,26). The van der Waals surface area contributed by atoms with Gasteiger partial charge in [0.05, 0.1) is 5.69 Å². The van der Waals surface area contributed by atoms with Gasteiger partial charge in [-0.2, -0.15) is 0 Å². The highest BCUT2D eigenvalue weighted by Gasteiger charge is 2.22. The number of nitrogens with one attached hydrogen (secondary N) is 1. The van der Waals surface area contributed by atoms with E-state index in [2.05, 4.69) is 39.5 Å². The second-order valence-corrected chi connectivity index (χ2v) is 7.05. The first kappa shape index (κ1) is 17.8. The molecular weight excluding hydrogens is 362 g/mol. The molecule has 0 atom stereocenters. The molecule has 0 saturated carbocycles. The molecule has 6 heteroatoms. The van der Waals surface area contributed by atoms with Crippen molar-refractivity contribution < 1.29 is 9.21 Å². The number of carbonyl (C=O) groups is 1. The Morgan fingerprint density at radius 2 is 1.81 bits per heavy atom. The van der Waals surface area contributed by atoms with E-state index in [0.29, 0.717) is 10.7 Å². The number of halogens is 1. The second-order valence-electron chi connectivity index (χ2n) is 6.61. The Kier molecular flexibility index (Phi) is 5.23. The lowest BCUT2D eigenvalue weighted by Crippen LogP contribution is -2.26. The van der Waals surface area contributed by atoms with Gasteiger partial charge >= 0.3 is 5.91 Å². The maximum absolute atomic E-state index is 12.4. The smallest absolute Gasteiger partial charge is 0.311 e. The van der Waals surface area contributed by atoms with Crippen LogP contribution in [0.2, 0.25) is 5.02 Å². The lowest BCUT2D eigenvalue weighted by Gasteiger charge is -2.19. The number of oxazole rings is 1. The second kappa shape index (κ2) is 7.94. The predicted octanol–water partition coefficient (Wildman–Crippen LogP) is 4.18. The van der Waals surface area contributed by atoms with Crippen LogP contribution in [0.15, 0.2) is 59.0 Å². The third-order valence-electron chi connectivity index (χ3n) is 4.64. The van der Waals surface area contributed by atoms with Crippen molar-refractivity contribution in [2.75, 3.05) is 18.4 Å². The fourth-order valence-corrected chi connectivity index (χ4v) is 3.35. The number of hydrogen-bond acceptors (Lipinski definition) is 4. The summed E-state index contributed by atoms with van der Waals surface area (Å²) in [6, 6.07) is 17.4. The van der Waals surface area contributed by atoms with Crippen LogP contribution in [0.25, 0.3) is 0 Å². The van der Waals surface area contributed by atoms with Crippen LogP contribution in [0.5, 0.6) is 0 Å². The molecule has 3 aromatic rings. The zero-order chi connectivity index (χ0) is 18.6. The Bertz CT molecular complexity index is 897. The summed E-state index contributed by atoms with van der Waals surface area (Å²) in [6.07, 6.45) is 1.53. The lowest BCUT2D eigenvalue weighted by molar-refractivity contribution is 0.0988. The molecule has 0 saturated heterocycles. The van der Waals surface area contributed by atoms with Crippen molar-refractivity contribution >= 4 is 23.2 Å². The van der Waals surface area contributed by atoms with Gasteiger partial charge in [-0.1, -0.05) is 41.9 Å². The van der Waals surface area contributed by atoms with Gasteiger partial charge in [-0.15, -0.1) is 0 Å². The summed E-state index contributed by atoms with van der Waals surface area (Å²) >= 11 is 5.86. The molecule has 138 valence electrons. The summed E-state index contributed by atoms with van der Waals surface area (Å²) in [6.45, 7) is 2.69. The number of rotatable bonds is 4. The molecule has 0 bridgehead atoms. The monoisotopic (exact) mass is 381 g/mol. The molecular formula is C21H20ClN3O2. The molecule has 1 aliphatic rings. The maximum atomic E-state index is 12.4. The molecule has 0 radical (unpaired) electrons. The summed E-state index contributed by atoms with van der Waals surface area (Å²) in [5.41, 5.74) is 2.84. The fourth-order valence-electron chi connectivity index (χ4n) is 3.22. The molecule has 4 rings (SSSR count). The Morgan fingerprint density at radius 1 is 1.07 bits per heavy atom. The Morgan fingerprint density at radius 3 is 2.59 bits per heavy atom. The van der Waals surface area contributed by atoms with Crippen LogP contribution in [0, 0.1) is 0 Å². The fraction of sp³-hybridized carbons (Fsp3) is 0.238. The van der Waals surface area contributed by atoms with E-state index < -0.39 is 0 Å². The van der Waals surface area contributed by atoms with E-state index in [4.69, 9.17) is 16.0 Å². The largest absolute Gasteiger partial charge is 0.437 e. The highest BCUT2D eigenvalue weighted by Crippen LogP contribution is 2.20. The summed E-state index contributed by atoms with van der Waals surface area (Å²) < 4.78 is 5.77. The molecule has 1 amide bonds. The molecule has 27 heavy (non-hydrogen) atoms. The normalized spacial score (nSPS) is 14.4. The van der Waals surface area contributed by atoms with Crippen LogP contribution >= 0.6 is 11.6 Å². The minimum absolute atomic E-state index is 0.117. The maximum Gasteiger partial charge on any atom is 0.311 e. The summed E-state index contributed by atoms with van der Waals surface area (Å²) in [4.78, 5) is 19.2. The van der Waals surface area contributed by atoms with Crippen molar-refractivity contribution in [3.63, 3.8) is 0 Å². The quantitative estimate of drug-likeness (QED) is 0.736. The number of aromatic nitrogens is 1. The number of amides is 1. The van der Waals surface area contributed by atoms with Crippen LogP contribution in [0.3, 0.4) is 0 Å². The molecule has 2 aromatic carbocycles. The van der Waals surface area contributed by atoms with Crippen molar-refractivity contribution in [3.8, 4) is 0 Å². The summed E-state index contributed by atoms with van der Waals surface area (Å²) in [7, 11) is 0. The highest BCUT2D eigenvalue weighted by molar-refractivity contribution is 6.30. The molecule has 0 unspecified atom stereocenters. The lowest BCUT2D eigenvalue weighted by atomic mass is 10.2.